The number of carbonyl (C=O) groups is 1. The van der Waals surface area contributed by atoms with Crippen LogP contribution in [0, 0.1) is 17.3 Å². The first-order chi connectivity index (χ1) is 13.2. The van der Waals surface area contributed by atoms with Crippen LogP contribution in [-0.4, -0.2) is 23.4 Å². The molecule has 1 aromatic carbocycles. The molecule has 0 bridgehead atoms. The number of aryl methyl sites for hydroxylation is 1. The fraction of sp³-hybridized carbons (Fsp3) is 0.300. The van der Waals surface area contributed by atoms with Crippen molar-refractivity contribution in [1.82, 2.24) is 5.10 Å². The van der Waals surface area contributed by atoms with Crippen LogP contribution in [0.25, 0.3) is 5.57 Å². The molecule has 0 saturated heterocycles. The van der Waals surface area contributed by atoms with Crippen molar-refractivity contribution in [1.29, 1.82) is 0 Å². The van der Waals surface area contributed by atoms with Crippen molar-refractivity contribution in [2.75, 3.05) is 11.4 Å². The number of aliphatic imine (C=N–C) groups is 1. The van der Waals surface area contributed by atoms with Crippen molar-refractivity contribution in [3.63, 3.8) is 0 Å². The molecule has 1 N–H and O–H groups in total. The van der Waals surface area contributed by atoms with Crippen molar-refractivity contribution < 1.29 is 14.7 Å². The Morgan fingerprint density at radius 3 is 2.64 bits per heavy atom. The molecule has 28 heavy (non-hydrogen) atoms. The maximum absolute atomic E-state index is 13.1. The van der Waals surface area contributed by atoms with Crippen molar-refractivity contribution in [2.45, 2.75) is 33.1 Å². The summed E-state index contributed by atoms with van der Waals surface area (Å²) < 4.78 is 0. The van der Waals surface area contributed by atoms with Crippen molar-refractivity contribution in [3.8, 4) is 0 Å². The van der Waals surface area contributed by atoms with Gasteiger partial charge in [-0.2, -0.15) is 0 Å². The zero-order chi connectivity index (χ0) is 20.2. The third kappa shape index (κ3) is 2.69. The number of benzene rings is 1. The van der Waals surface area contributed by atoms with Gasteiger partial charge in [-0.25, -0.2) is 4.99 Å². The van der Waals surface area contributed by atoms with Crippen LogP contribution in [0.2, 0.25) is 0 Å². The molecule has 2 aliphatic rings. The summed E-state index contributed by atoms with van der Waals surface area (Å²) in [5.41, 5.74) is 2.83. The average Bonchev–Trinajstić information content (AvgIpc) is 2.86. The second-order valence-electron chi connectivity index (χ2n) is 7.67. The number of aromatic nitrogens is 2. The van der Waals surface area contributed by atoms with Gasteiger partial charge in [-0.05, 0) is 37.1 Å². The lowest BCUT2D eigenvalue weighted by atomic mass is 9.85. The smallest absolute Gasteiger partial charge is 0.243 e. The van der Waals surface area contributed by atoms with E-state index in [-0.39, 0.29) is 23.3 Å². The van der Waals surface area contributed by atoms with Crippen LogP contribution in [-0.2, 0) is 10.2 Å². The minimum absolute atomic E-state index is 0.0149. The van der Waals surface area contributed by atoms with Gasteiger partial charge in [0, 0.05) is 36.8 Å². The van der Waals surface area contributed by atoms with Crippen LogP contribution in [0.15, 0.2) is 41.5 Å². The highest BCUT2D eigenvalue weighted by Gasteiger charge is 2.46. The summed E-state index contributed by atoms with van der Waals surface area (Å²) in [6, 6.07) is 8.98. The molecule has 0 aliphatic carbocycles. The summed E-state index contributed by atoms with van der Waals surface area (Å²) in [6.07, 6.45) is 1.69. The number of nitrogens with one attached hydrogen (secondary N) is 1. The van der Waals surface area contributed by atoms with E-state index in [1.165, 1.54) is 4.90 Å². The third-order valence-corrected chi connectivity index (χ3v) is 5.39. The number of amidine groups is 1. The highest BCUT2D eigenvalue weighted by molar-refractivity contribution is 6.12. The fourth-order valence-electron chi connectivity index (χ4n) is 3.53. The number of hydroxylamine groups is 2. The Morgan fingerprint density at radius 1 is 1.21 bits per heavy atom. The summed E-state index contributed by atoms with van der Waals surface area (Å²) in [7, 11) is 0. The molecule has 8 heteroatoms. The number of fused-ring (bicyclic) bond motifs is 1. The van der Waals surface area contributed by atoms with Crippen LogP contribution in [0.1, 0.15) is 37.6 Å². The van der Waals surface area contributed by atoms with Gasteiger partial charge in [0.1, 0.15) is 6.54 Å². The Hall–Kier alpha value is -3.10. The number of nitrogens with zero attached hydrogens (tertiary/aromatic N) is 4. The number of anilines is 2. The van der Waals surface area contributed by atoms with Gasteiger partial charge in [0.05, 0.1) is 11.1 Å². The molecular formula is C20H21N5O3. The SMILES string of the molecule is CC1=NC=C(c2ccc3c(c2)N(c2ccc(C)[n+]([O-])n2)C(=O)C3(C)C)C[NH+]1[O-]. The lowest BCUT2D eigenvalue weighted by Crippen LogP contribution is -3.10. The molecular weight excluding hydrogens is 358 g/mol. The molecule has 1 atom stereocenters. The molecule has 2 aromatic rings. The molecule has 0 fully saturated rings. The fourth-order valence-corrected chi connectivity index (χ4v) is 3.53. The van der Waals surface area contributed by atoms with E-state index in [4.69, 9.17) is 0 Å². The van der Waals surface area contributed by atoms with Gasteiger partial charge in [0.15, 0.2) is 5.84 Å². The van der Waals surface area contributed by atoms with Gasteiger partial charge in [-0.1, -0.05) is 17.0 Å². The number of quaternary nitrogens is 1. The van der Waals surface area contributed by atoms with Gasteiger partial charge in [0.2, 0.25) is 17.4 Å². The first kappa shape index (κ1) is 18.3. The maximum Gasteiger partial charge on any atom is 0.243 e. The Labute approximate surface area is 162 Å². The van der Waals surface area contributed by atoms with E-state index in [0.29, 0.717) is 22.1 Å². The molecule has 8 nitrogen and oxygen atoms in total. The monoisotopic (exact) mass is 379 g/mol. The van der Waals surface area contributed by atoms with Gasteiger partial charge < -0.3 is 15.5 Å². The number of carbonyl (C=O) groups excluding carboxylic acids is 1. The number of amides is 1. The summed E-state index contributed by atoms with van der Waals surface area (Å²) in [5, 5.41) is 28.0. The molecule has 1 unspecified atom stereocenters. The second kappa shape index (κ2) is 6.22. The highest BCUT2D eigenvalue weighted by atomic mass is 16.5. The minimum atomic E-state index is -0.750. The van der Waals surface area contributed by atoms with E-state index < -0.39 is 5.41 Å². The highest BCUT2D eigenvalue weighted by Crippen LogP contribution is 2.45. The van der Waals surface area contributed by atoms with Gasteiger partial charge in [-0.3, -0.25) is 9.69 Å². The standard InChI is InChI=1S/C20H21N5O3/c1-12-5-8-18(22-25(12)28)24-17-9-14(15-10-21-13(2)23(27)11-15)6-7-16(17)20(3,4)19(24)26/h5-10,23H,11H2,1-4H3. The second-order valence-corrected chi connectivity index (χ2v) is 7.67. The van der Waals surface area contributed by atoms with E-state index in [1.807, 2.05) is 32.0 Å². The number of hydrogen-bond donors (Lipinski definition) is 1. The predicted octanol–water partition coefficient (Wildman–Crippen LogP) is 1.13. The Kier molecular flexibility index (Phi) is 4.06. The van der Waals surface area contributed by atoms with E-state index in [2.05, 4.69) is 10.1 Å². The molecule has 3 heterocycles. The minimum Gasteiger partial charge on any atom is -0.628 e. The average molecular weight is 379 g/mol. The lowest BCUT2D eigenvalue weighted by molar-refractivity contribution is -0.739. The summed E-state index contributed by atoms with van der Waals surface area (Å²) in [6.45, 7) is 7.33. The van der Waals surface area contributed by atoms with Crippen molar-refractivity contribution in [3.05, 3.63) is 63.8 Å². The molecule has 144 valence electrons. The molecule has 0 radical (unpaired) electrons. The summed E-state index contributed by atoms with van der Waals surface area (Å²) in [4.78, 5) is 19.3. The van der Waals surface area contributed by atoms with Crippen LogP contribution in [0.5, 0.6) is 0 Å². The molecule has 2 aliphatic heterocycles. The van der Waals surface area contributed by atoms with Crippen molar-refractivity contribution in [2.24, 2.45) is 4.99 Å². The first-order valence-electron chi connectivity index (χ1n) is 9.04. The summed E-state index contributed by atoms with van der Waals surface area (Å²) >= 11 is 0. The van der Waals surface area contributed by atoms with Crippen molar-refractivity contribution >= 4 is 28.8 Å². The summed E-state index contributed by atoms with van der Waals surface area (Å²) in [5.74, 6) is 0.613. The van der Waals surface area contributed by atoms with E-state index in [9.17, 15) is 15.2 Å². The molecule has 0 spiro atoms. The quantitative estimate of drug-likeness (QED) is 0.624. The van der Waals surface area contributed by atoms with Crippen LogP contribution in [0.3, 0.4) is 0 Å². The number of rotatable bonds is 2. The number of hydrogen-bond acceptors (Lipinski definition) is 5. The van der Waals surface area contributed by atoms with Gasteiger partial charge >= 0.3 is 0 Å². The van der Waals surface area contributed by atoms with E-state index in [0.717, 1.165) is 16.7 Å². The van der Waals surface area contributed by atoms with E-state index >= 15 is 0 Å². The van der Waals surface area contributed by atoms with Crippen LogP contribution < -0.4 is 14.8 Å². The molecule has 0 saturated carbocycles. The van der Waals surface area contributed by atoms with Crippen LogP contribution >= 0.6 is 0 Å². The van der Waals surface area contributed by atoms with Gasteiger partial charge in [-0.15, -0.1) is 0 Å². The Balaban J connectivity index is 1.85. The maximum atomic E-state index is 13.1. The third-order valence-electron chi connectivity index (χ3n) is 5.39. The van der Waals surface area contributed by atoms with Crippen LogP contribution in [0.4, 0.5) is 11.5 Å². The normalized spacial score (nSPS) is 20.7. The predicted molar refractivity (Wildman–Crippen MR) is 105 cm³/mol. The Morgan fingerprint density at radius 2 is 1.96 bits per heavy atom. The zero-order valence-electron chi connectivity index (χ0n) is 16.2. The molecule has 4 rings (SSSR count). The first-order valence-corrected chi connectivity index (χ1v) is 9.04. The largest absolute Gasteiger partial charge is 0.628 e. The topological polar surface area (TPSA) is 100 Å². The van der Waals surface area contributed by atoms with E-state index in [1.54, 1.807) is 32.2 Å². The Bertz CT molecular complexity index is 1060. The molecule has 1 amide bonds. The van der Waals surface area contributed by atoms with Gasteiger partial charge in [0.25, 0.3) is 0 Å². The molecule has 1 aromatic heterocycles. The zero-order valence-corrected chi connectivity index (χ0v) is 16.2. The lowest BCUT2D eigenvalue weighted by Gasteiger charge is -2.25.